The van der Waals surface area contributed by atoms with Gasteiger partial charge in [-0.1, -0.05) is 52.3 Å². The summed E-state index contributed by atoms with van der Waals surface area (Å²) < 4.78 is 5.36. The molecule has 0 aliphatic heterocycles. The fourth-order valence-corrected chi connectivity index (χ4v) is 1.88. The summed E-state index contributed by atoms with van der Waals surface area (Å²) in [7, 11) is 0. The molecule has 2 aliphatic carbocycles. The molecule has 0 fully saturated rings. The Morgan fingerprint density at radius 1 is 0.941 bits per heavy atom. The summed E-state index contributed by atoms with van der Waals surface area (Å²) in [6.45, 7) is 0. The molecule has 0 atom stereocenters. The minimum Gasteiger partial charge on any atom is -0.440 e. The number of alkyl halides is 1. The Bertz CT molecular complexity index is 665. The first-order chi connectivity index (χ1) is 8.36. The molecular formula is C14H10BrNO. The van der Waals surface area contributed by atoms with E-state index in [9.17, 15) is 0 Å². The summed E-state index contributed by atoms with van der Waals surface area (Å²) in [5, 5.41) is 3.52. The van der Waals surface area contributed by atoms with Crippen molar-refractivity contribution in [3.8, 4) is 0 Å². The molecule has 0 amide bonds. The first-order valence-corrected chi connectivity index (χ1v) is 6.50. The van der Waals surface area contributed by atoms with Gasteiger partial charge in [0.2, 0.25) is 5.89 Å². The zero-order valence-electron chi connectivity index (χ0n) is 9.06. The lowest BCUT2D eigenvalue weighted by atomic mass is 10.1. The van der Waals surface area contributed by atoms with Crippen LogP contribution in [0, 0.1) is 10.4 Å². The van der Waals surface area contributed by atoms with Crippen LogP contribution < -0.4 is 0 Å². The van der Waals surface area contributed by atoms with Crippen LogP contribution in [0.5, 0.6) is 0 Å². The van der Waals surface area contributed by atoms with Gasteiger partial charge in [0.1, 0.15) is 5.52 Å². The SMILES string of the molecule is BrCc1nc2ccccc2o1.c1cc2ccc1=2. The number of oxazole rings is 1. The van der Waals surface area contributed by atoms with Crippen LogP contribution in [-0.2, 0) is 5.33 Å². The first kappa shape index (κ1) is 10.5. The Morgan fingerprint density at radius 2 is 1.59 bits per heavy atom. The molecular weight excluding hydrogens is 278 g/mol. The van der Waals surface area contributed by atoms with Crippen molar-refractivity contribution in [3.63, 3.8) is 0 Å². The quantitative estimate of drug-likeness (QED) is 0.495. The summed E-state index contributed by atoms with van der Waals surface area (Å²) in [5.74, 6) is 0.728. The van der Waals surface area contributed by atoms with E-state index >= 15 is 0 Å². The number of aromatic nitrogens is 1. The Labute approximate surface area is 107 Å². The van der Waals surface area contributed by atoms with Gasteiger partial charge in [-0.2, -0.15) is 0 Å². The van der Waals surface area contributed by atoms with Gasteiger partial charge in [-0.25, -0.2) is 4.98 Å². The van der Waals surface area contributed by atoms with E-state index in [-0.39, 0.29) is 0 Å². The monoisotopic (exact) mass is 287 g/mol. The van der Waals surface area contributed by atoms with E-state index in [0.717, 1.165) is 17.0 Å². The average molecular weight is 288 g/mol. The maximum atomic E-state index is 5.36. The number of fused-ring (bicyclic) bond motifs is 1. The van der Waals surface area contributed by atoms with E-state index < -0.39 is 0 Å². The van der Waals surface area contributed by atoms with Crippen LogP contribution in [0.2, 0.25) is 0 Å². The fraction of sp³-hybridized carbons (Fsp3) is 0.0714. The van der Waals surface area contributed by atoms with Gasteiger partial charge in [0, 0.05) is 0 Å². The van der Waals surface area contributed by atoms with Crippen molar-refractivity contribution in [2.24, 2.45) is 0 Å². The highest BCUT2D eigenvalue weighted by Crippen LogP contribution is 2.15. The third-order valence-electron chi connectivity index (χ3n) is 2.67. The van der Waals surface area contributed by atoms with Crippen LogP contribution in [0.25, 0.3) is 11.1 Å². The highest BCUT2D eigenvalue weighted by molar-refractivity contribution is 9.08. The molecule has 2 nitrogen and oxygen atoms in total. The maximum Gasteiger partial charge on any atom is 0.206 e. The highest BCUT2D eigenvalue weighted by atomic mass is 79.9. The Hall–Kier alpha value is -1.61. The molecule has 0 bridgehead atoms. The zero-order valence-corrected chi connectivity index (χ0v) is 10.6. The molecule has 0 spiro atoms. The molecule has 0 unspecified atom stereocenters. The second-order valence-corrected chi connectivity index (χ2v) is 4.35. The third-order valence-corrected chi connectivity index (χ3v) is 3.15. The van der Waals surface area contributed by atoms with Gasteiger partial charge in [-0.15, -0.1) is 0 Å². The van der Waals surface area contributed by atoms with Crippen molar-refractivity contribution in [2.45, 2.75) is 5.33 Å². The summed E-state index contributed by atoms with van der Waals surface area (Å²) in [6.07, 6.45) is 0. The second kappa shape index (κ2) is 4.34. The Morgan fingerprint density at radius 3 is 2.06 bits per heavy atom. The third kappa shape index (κ3) is 1.98. The lowest BCUT2D eigenvalue weighted by Gasteiger charge is -1.95. The standard InChI is InChI=1S/C8H6BrNO.C6H4/c9-5-8-10-6-3-1-2-4-7(6)11-8;1-2-6-4-3-5(1)6/h1-4H,5H2;1-4H. The molecule has 0 saturated heterocycles. The van der Waals surface area contributed by atoms with E-state index in [1.807, 2.05) is 24.3 Å². The number of benzene rings is 2. The predicted octanol–water partition coefficient (Wildman–Crippen LogP) is 4.01. The van der Waals surface area contributed by atoms with Crippen molar-refractivity contribution >= 4 is 27.0 Å². The summed E-state index contributed by atoms with van der Waals surface area (Å²) in [6, 6.07) is 16.2. The summed E-state index contributed by atoms with van der Waals surface area (Å²) in [4.78, 5) is 4.22. The van der Waals surface area contributed by atoms with Gasteiger partial charge in [0.25, 0.3) is 0 Å². The van der Waals surface area contributed by atoms with Crippen LogP contribution >= 0.6 is 15.9 Å². The lowest BCUT2D eigenvalue weighted by Crippen LogP contribution is -1.80. The van der Waals surface area contributed by atoms with Crippen LogP contribution in [0.1, 0.15) is 5.89 Å². The number of rotatable bonds is 1. The van der Waals surface area contributed by atoms with Gasteiger partial charge in [0.05, 0.1) is 5.33 Å². The van der Waals surface area contributed by atoms with E-state index in [2.05, 4.69) is 45.2 Å². The van der Waals surface area contributed by atoms with E-state index in [4.69, 9.17) is 4.42 Å². The molecule has 0 N–H and O–H groups in total. The van der Waals surface area contributed by atoms with Crippen LogP contribution in [0.3, 0.4) is 0 Å². The van der Waals surface area contributed by atoms with Crippen LogP contribution in [0.4, 0.5) is 0 Å². The molecule has 17 heavy (non-hydrogen) atoms. The predicted molar refractivity (Wildman–Crippen MR) is 70.8 cm³/mol. The van der Waals surface area contributed by atoms with Crippen molar-refractivity contribution in [1.29, 1.82) is 0 Å². The minimum atomic E-state index is 0.668. The van der Waals surface area contributed by atoms with Crippen molar-refractivity contribution < 1.29 is 4.42 Å². The summed E-state index contributed by atoms with van der Waals surface area (Å²) in [5.41, 5.74) is 1.77. The summed E-state index contributed by atoms with van der Waals surface area (Å²) >= 11 is 3.28. The van der Waals surface area contributed by atoms with Gasteiger partial charge < -0.3 is 4.42 Å². The molecule has 1 heterocycles. The largest absolute Gasteiger partial charge is 0.440 e. The molecule has 1 aromatic carbocycles. The Kier molecular flexibility index (Phi) is 2.69. The van der Waals surface area contributed by atoms with Gasteiger partial charge in [-0.05, 0) is 22.6 Å². The molecule has 0 radical (unpaired) electrons. The maximum absolute atomic E-state index is 5.36. The van der Waals surface area contributed by atoms with Crippen molar-refractivity contribution in [3.05, 3.63) is 64.9 Å². The Balaban J connectivity index is 0.000000125. The molecule has 4 rings (SSSR count). The number of hydrogen-bond acceptors (Lipinski definition) is 2. The average Bonchev–Trinajstić information content (AvgIpc) is 2.77. The van der Waals surface area contributed by atoms with Crippen LogP contribution in [0.15, 0.2) is 52.9 Å². The molecule has 2 aliphatic rings. The number of halogens is 1. The smallest absolute Gasteiger partial charge is 0.206 e. The van der Waals surface area contributed by atoms with Crippen molar-refractivity contribution in [2.75, 3.05) is 0 Å². The number of nitrogens with zero attached hydrogens (tertiary/aromatic N) is 1. The normalized spacial score (nSPS) is 10.9. The lowest BCUT2D eigenvalue weighted by molar-refractivity contribution is 0.557. The van der Waals surface area contributed by atoms with Gasteiger partial charge >= 0.3 is 0 Å². The van der Waals surface area contributed by atoms with E-state index in [0.29, 0.717) is 5.33 Å². The molecule has 84 valence electrons. The van der Waals surface area contributed by atoms with Gasteiger partial charge in [0.15, 0.2) is 5.58 Å². The topological polar surface area (TPSA) is 26.0 Å². The van der Waals surface area contributed by atoms with Gasteiger partial charge in [-0.3, -0.25) is 0 Å². The fourth-order valence-electron chi connectivity index (χ4n) is 1.64. The van der Waals surface area contributed by atoms with Crippen molar-refractivity contribution in [1.82, 2.24) is 4.98 Å². The molecule has 2 aromatic rings. The first-order valence-electron chi connectivity index (χ1n) is 5.37. The van der Waals surface area contributed by atoms with E-state index in [1.165, 1.54) is 10.4 Å². The minimum absolute atomic E-state index is 0.668. The van der Waals surface area contributed by atoms with Crippen LogP contribution in [-0.4, -0.2) is 4.98 Å². The molecule has 0 saturated carbocycles. The molecule has 3 heteroatoms. The van der Waals surface area contributed by atoms with E-state index in [1.54, 1.807) is 0 Å². The number of hydrogen-bond donors (Lipinski definition) is 0. The number of para-hydroxylation sites is 2. The second-order valence-electron chi connectivity index (χ2n) is 3.79. The highest BCUT2D eigenvalue weighted by Gasteiger charge is 2.01. The molecule has 1 aromatic heterocycles. The zero-order chi connectivity index (χ0) is 11.7.